The van der Waals surface area contributed by atoms with Crippen molar-refractivity contribution in [1.82, 2.24) is 10.2 Å². The number of sulfonamides is 1. The maximum absolute atomic E-state index is 14.3. The van der Waals surface area contributed by atoms with Crippen LogP contribution in [0.3, 0.4) is 0 Å². The molecule has 4 rings (SSSR count). The van der Waals surface area contributed by atoms with Crippen molar-refractivity contribution in [1.29, 1.82) is 0 Å². The summed E-state index contributed by atoms with van der Waals surface area (Å²) < 4.78 is 38.0. The van der Waals surface area contributed by atoms with Gasteiger partial charge in [-0.3, -0.25) is 13.9 Å². The molecule has 11 heteroatoms. The molecule has 1 saturated carbocycles. The third-order valence-electron chi connectivity index (χ3n) is 7.55. The molecule has 9 nitrogen and oxygen atoms in total. The molecule has 0 saturated heterocycles. The Balaban J connectivity index is 1.77. The zero-order chi connectivity index (χ0) is 31.0. The summed E-state index contributed by atoms with van der Waals surface area (Å²) in [6, 6.07) is 20.4. The molecule has 1 atom stereocenters. The Kier molecular flexibility index (Phi) is 10.9. The number of nitrogens with one attached hydrogen (secondary N) is 1. The molecular weight excluding hydrogens is 590 g/mol. The van der Waals surface area contributed by atoms with Crippen molar-refractivity contribution in [2.45, 2.75) is 50.7 Å². The van der Waals surface area contributed by atoms with Crippen molar-refractivity contribution < 1.29 is 27.5 Å². The molecule has 0 bridgehead atoms. The fourth-order valence-corrected chi connectivity index (χ4v) is 6.35. The number of nitrogens with zero attached hydrogens (tertiary/aromatic N) is 2. The zero-order valence-corrected chi connectivity index (χ0v) is 26.2. The van der Waals surface area contributed by atoms with Crippen LogP contribution in [0, 0.1) is 0 Å². The van der Waals surface area contributed by atoms with E-state index in [1.54, 1.807) is 37.4 Å². The quantitative estimate of drug-likeness (QED) is 0.291. The zero-order valence-electron chi connectivity index (χ0n) is 24.7. The highest BCUT2D eigenvalue weighted by molar-refractivity contribution is 7.92. The molecule has 0 heterocycles. The Morgan fingerprint density at radius 2 is 1.65 bits per heavy atom. The average Bonchev–Trinajstić information content (AvgIpc) is 3.50. The van der Waals surface area contributed by atoms with Gasteiger partial charge in [-0.1, -0.05) is 66.9 Å². The van der Waals surface area contributed by atoms with Crippen molar-refractivity contribution in [3.8, 4) is 11.5 Å². The molecule has 230 valence electrons. The molecule has 0 aromatic heterocycles. The number of carbonyl (C=O) groups is 2. The highest BCUT2D eigenvalue weighted by Gasteiger charge is 2.35. The van der Waals surface area contributed by atoms with Crippen LogP contribution in [-0.4, -0.2) is 64.2 Å². The first-order chi connectivity index (χ1) is 20.6. The summed E-state index contributed by atoms with van der Waals surface area (Å²) in [6.07, 6.45) is 5.08. The summed E-state index contributed by atoms with van der Waals surface area (Å²) in [5, 5.41) is 3.44. The molecule has 0 aliphatic heterocycles. The van der Waals surface area contributed by atoms with Crippen LogP contribution >= 0.6 is 11.6 Å². The van der Waals surface area contributed by atoms with Crippen LogP contribution in [0.15, 0.2) is 72.8 Å². The Morgan fingerprint density at radius 1 is 0.953 bits per heavy atom. The van der Waals surface area contributed by atoms with E-state index in [2.05, 4.69) is 5.32 Å². The van der Waals surface area contributed by atoms with Gasteiger partial charge in [0.2, 0.25) is 21.8 Å². The molecule has 1 fully saturated rings. The third kappa shape index (κ3) is 8.64. The van der Waals surface area contributed by atoms with Gasteiger partial charge in [0.15, 0.2) is 0 Å². The van der Waals surface area contributed by atoms with E-state index in [1.165, 1.54) is 18.1 Å². The largest absolute Gasteiger partial charge is 0.497 e. The first-order valence-electron chi connectivity index (χ1n) is 14.2. The van der Waals surface area contributed by atoms with Crippen molar-refractivity contribution in [3.05, 3.63) is 88.9 Å². The Morgan fingerprint density at radius 3 is 2.30 bits per heavy atom. The lowest BCUT2D eigenvalue weighted by Crippen LogP contribution is -2.54. The molecule has 1 aliphatic carbocycles. The highest BCUT2D eigenvalue weighted by Crippen LogP contribution is 2.33. The lowest BCUT2D eigenvalue weighted by molar-refractivity contribution is -0.140. The standard InChI is InChI=1S/C32H38ClN3O6S/c1-41-27-15-9-12-24(18-27)21-35(29(19-23-10-5-4-6-11-23)32(38)34-26-13-7-8-14-26)31(37)22-36(43(3,39)40)28-20-25(33)16-17-30(28)42-2/h4-6,9-12,15-18,20,26,29H,7-8,13-14,19,21-22H2,1-3H3,(H,34,38)/t29-/m1/s1. The molecule has 1 aliphatic rings. The maximum Gasteiger partial charge on any atom is 0.244 e. The molecule has 0 unspecified atom stereocenters. The Labute approximate surface area is 258 Å². The van der Waals surface area contributed by atoms with E-state index in [-0.39, 0.29) is 41.4 Å². The minimum Gasteiger partial charge on any atom is -0.497 e. The van der Waals surface area contributed by atoms with Gasteiger partial charge in [-0.25, -0.2) is 8.42 Å². The summed E-state index contributed by atoms with van der Waals surface area (Å²) in [5.74, 6) is -0.000794. The topological polar surface area (TPSA) is 105 Å². The molecule has 1 N–H and O–H groups in total. The molecule has 43 heavy (non-hydrogen) atoms. The monoisotopic (exact) mass is 627 g/mol. The summed E-state index contributed by atoms with van der Waals surface area (Å²) in [4.78, 5) is 29.7. The van der Waals surface area contributed by atoms with E-state index >= 15 is 0 Å². The van der Waals surface area contributed by atoms with Crippen LogP contribution in [0.2, 0.25) is 5.02 Å². The number of rotatable bonds is 13. The van der Waals surface area contributed by atoms with E-state index < -0.39 is 28.5 Å². The van der Waals surface area contributed by atoms with Gasteiger partial charge in [0.25, 0.3) is 0 Å². The summed E-state index contributed by atoms with van der Waals surface area (Å²) in [6.45, 7) is -0.516. The average molecular weight is 628 g/mol. The molecule has 2 amide bonds. The first-order valence-corrected chi connectivity index (χ1v) is 16.4. The third-order valence-corrected chi connectivity index (χ3v) is 8.91. The fourth-order valence-electron chi connectivity index (χ4n) is 5.34. The van der Waals surface area contributed by atoms with Crippen LogP contribution in [0.1, 0.15) is 36.8 Å². The fraction of sp³-hybridized carbons (Fsp3) is 0.375. The predicted molar refractivity (Wildman–Crippen MR) is 168 cm³/mol. The highest BCUT2D eigenvalue weighted by atomic mass is 35.5. The van der Waals surface area contributed by atoms with Crippen LogP contribution in [0.5, 0.6) is 11.5 Å². The van der Waals surface area contributed by atoms with Crippen LogP contribution in [-0.2, 0) is 32.6 Å². The van der Waals surface area contributed by atoms with E-state index in [4.69, 9.17) is 21.1 Å². The van der Waals surface area contributed by atoms with Crippen molar-refractivity contribution in [3.63, 3.8) is 0 Å². The Hall–Kier alpha value is -3.76. The van der Waals surface area contributed by atoms with Gasteiger partial charge < -0.3 is 19.7 Å². The van der Waals surface area contributed by atoms with Gasteiger partial charge in [0.1, 0.15) is 24.1 Å². The van der Waals surface area contributed by atoms with Gasteiger partial charge in [0, 0.05) is 24.0 Å². The molecular formula is C32H38ClN3O6S. The van der Waals surface area contributed by atoms with Gasteiger partial charge in [0.05, 0.1) is 26.2 Å². The number of ether oxygens (including phenoxy) is 2. The van der Waals surface area contributed by atoms with Gasteiger partial charge >= 0.3 is 0 Å². The van der Waals surface area contributed by atoms with Crippen LogP contribution in [0.4, 0.5) is 5.69 Å². The number of anilines is 1. The van der Waals surface area contributed by atoms with Gasteiger partial charge in [-0.2, -0.15) is 0 Å². The van der Waals surface area contributed by atoms with E-state index in [9.17, 15) is 18.0 Å². The molecule has 3 aromatic carbocycles. The van der Waals surface area contributed by atoms with Crippen molar-refractivity contribution in [2.24, 2.45) is 0 Å². The number of carbonyl (C=O) groups excluding carboxylic acids is 2. The number of hydrogen-bond acceptors (Lipinski definition) is 6. The molecule has 0 spiro atoms. The van der Waals surface area contributed by atoms with Gasteiger partial charge in [-0.05, 0) is 54.3 Å². The van der Waals surface area contributed by atoms with E-state index in [0.717, 1.165) is 47.4 Å². The number of benzene rings is 3. The SMILES string of the molecule is COc1cccc(CN(C(=O)CN(c2cc(Cl)ccc2OC)S(C)(=O)=O)[C@H](Cc2ccccc2)C(=O)NC2CCCC2)c1. The van der Waals surface area contributed by atoms with Gasteiger partial charge in [-0.15, -0.1) is 0 Å². The number of halogens is 1. The number of hydrogen-bond donors (Lipinski definition) is 1. The lowest BCUT2D eigenvalue weighted by atomic mass is 10.0. The number of methoxy groups -OCH3 is 2. The van der Waals surface area contributed by atoms with E-state index in [0.29, 0.717) is 5.75 Å². The van der Waals surface area contributed by atoms with Crippen molar-refractivity contribution in [2.75, 3.05) is 31.3 Å². The summed E-state index contributed by atoms with van der Waals surface area (Å²) in [7, 11) is -1.01. The normalized spacial score (nSPS) is 14.1. The first kappa shape index (κ1) is 32.2. The summed E-state index contributed by atoms with van der Waals surface area (Å²) in [5.41, 5.74) is 1.72. The minimum absolute atomic E-state index is 0.0304. The Bertz CT molecular complexity index is 1510. The second-order valence-electron chi connectivity index (χ2n) is 10.7. The van der Waals surface area contributed by atoms with Crippen LogP contribution in [0.25, 0.3) is 0 Å². The molecule has 3 aromatic rings. The second-order valence-corrected chi connectivity index (χ2v) is 13.0. The maximum atomic E-state index is 14.3. The second kappa shape index (κ2) is 14.6. The predicted octanol–water partition coefficient (Wildman–Crippen LogP) is 4.82. The minimum atomic E-state index is -3.98. The summed E-state index contributed by atoms with van der Waals surface area (Å²) >= 11 is 6.23. The lowest BCUT2D eigenvalue weighted by Gasteiger charge is -2.34. The smallest absolute Gasteiger partial charge is 0.244 e. The van der Waals surface area contributed by atoms with Crippen molar-refractivity contribution >= 4 is 39.1 Å². The number of amides is 2. The van der Waals surface area contributed by atoms with Crippen LogP contribution < -0.4 is 19.1 Å². The molecule has 0 radical (unpaired) electrons. The van der Waals surface area contributed by atoms with E-state index in [1.807, 2.05) is 36.4 Å².